The highest BCUT2D eigenvalue weighted by Gasteiger charge is 2.34. The van der Waals surface area contributed by atoms with Gasteiger partial charge in [-0.2, -0.15) is 4.31 Å². The zero-order chi connectivity index (χ0) is 12.5. The molecule has 0 spiro atoms. The first-order valence-electron chi connectivity index (χ1n) is 5.72. The fourth-order valence-electron chi connectivity index (χ4n) is 2.18. The van der Waals surface area contributed by atoms with E-state index in [0.717, 1.165) is 12.8 Å². The van der Waals surface area contributed by atoms with Crippen molar-refractivity contribution in [1.29, 1.82) is 0 Å². The Morgan fingerprint density at radius 2 is 2.29 bits per heavy atom. The molecular formula is C11H17N3O2S. The molecule has 0 aliphatic carbocycles. The van der Waals surface area contributed by atoms with Crippen LogP contribution in [0.15, 0.2) is 23.2 Å². The smallest absolute Gasteiger partial charge is 0.246 e. The van der Waals surface area contributed by atoms with E-state index in [0.29, 0.717) is 12.4 Å². The van der Waals surface area contributed by atoms with Crippen molar-refractivity contribution in [3.05, 3.63) is 18.3 Å². The first-order chi connectivity index (χ1) is 8.07. The van der Waals surface area contributed by atoms with Crippen molar-refractivity contribution in [2.75, 3.05) is 18.9 Å². The quantitative estimate of drug-likeness (QED) is 0.884. The van der Waals surface area contributed by atoms with Crippen LogP contribution in [0.3, 0.4) is 0 Å². The molecule has 0 aromatic carbocycles. The molecular weight excluding hydrogens is 238 g/mol. The number of sulfonamides is 1. The van der Waals surface area contributed by atoms with Crippen molar-refractivity contribution >= 4 is 15.8 Å². The van der Waals surface area contributed by atoms with Crippen molar-refractivity contribution in [1.82, 2.24) is 9.29 Å². The highest BCUT2D eigenvalue weighted by atomic mass is 32.2. The summed E-state index contributed by atoms with van der Waals surface area (Å²) < 4.78 is 26.5. The standard InChI is InChI=1S/C11H17N3O2S/c1-9-5-4-8-14(9)17(15,16)10-6-3-7-13-11(10)12-2/h3,6-7,9H,4-5,8H2,1-2H3,(H,12,13). The van der Waals surface area contributed by atoms with Gasteiger partial charge in [-0.3, -0.25) is 0 Å². The zero-order valence-electron chi connectivity index (χ0n) is 10.0. The van der Waals surface area contributed by atoms with Gasteiger partial charge in [0.2, 0.25) is 10.0 Å². The number of anilines is 1. The van der Waals surface area contributed by atoms with Crippen molar-refractivity contribution in [2.24, 2.45) is 0 Å². The Labute approximate surface area is 102 Å². The highest BCUT2D eigenvalue weighted by Crippen LogP contribution is 2.28. The number of rotatable bonds is 3. The molecule has 0 amide bonds. The summed E-state index contributed by atoms with van der Waals surface area (Å²) in [5.41, 5.74) is 0. The summed E-state index contributed by atoms with van der Waals surface area (Å²) in [6, 6.07) is 3.32. The zero-order valence-corrected chi connectivity index (χ0v) is 10.9. The molecule has 1 aliphatic heterocycles. The van der Waals surface area contributed by atoms with Crippen molar-refractivity contribution < 1.29 is 8.42 Å². The summed E-state index contributed by atoms with van der Waals surface area (Å²) in [6.45, 7) is 2.54. The van der Waals surface area contributed by atoms with Gasteiger partial charge in [-0.05, 0) is 31.9 Å². The molecule has 5 nitrogen and oxygen atoms in total. The maximum atomic E-state index is 12.5. The van der Waals surface area contributed by atoms with Crippen molar-refractivity contribution in [3.63, 3.8) is 0 Å². The summed E-state index contributed by atoms with van der Waals surface area (Å²) in [7, 11) is -1.75. The normalized spacial score (nSPS) is 21.6. The second-order valence-corrected chi connectivity index (χ2v) is 6.07. The van der Waals surface area contributed by atoms with Crippen LogP contribution in [0, 0.1) is 0 Å². The summed E-state index contributed by atoms with van der Waals surface area (Å²) >= 11 is 0. The summed E-state index contributed by atoms with van der Waals surface area (Å²) in [5.74, 6) is 0.409. The molecule has 94 valence electrons. The van der Waals surface area contributed by atoms with Crippen LogP contribution in [0.4, 0.5) is 5.82 Å². The fraction of sp³-hybridized carbons (Fsp3) is 0.545. The molecule has 0 bridgehead atoms. The largest absolute Gasteiger partial charge is 0.372 e. The lowest BCUT2D eigenvalue weighted by Crippen LogP contribution is -2.34. The molecule has 2 rings (SSSR count). The van der Waals surface area contributed by atoms with Crippen molar-refractivity contribution in [2.45, 2.75) is 30.7 Å². The van der Waals surface area contributed by atoms with Gasteiger partial charge in [0.05, 0.1) is 0 Å². The minimum Gasteiger partial charge on any atom is -0.372 e. The van der Waals surface area contributed by atoms with Crippen molar-refractivity contribution in [3.8, 4) is 0 Å². The summed E-state index contributed by atoms with van der Waals surface area (Å²) in [6.07, 6.45) is 3.43. The molecule has 1 saturated heterocycles. The van der Waals surface area contributed by atoms with E-state index in [9.17, 15) is 8.42 Å². The monoisotopic (exact) mass is 255 g/mol. The molecule has 1 aliphatic rings. The highest BCUT2D eigenvalue weighted by molar-refractivity contribution is 7.89. The Balaban J connectivity index is 2.44. The summed E-state index contributed by atoms with van der Waals surface area (Å²) in [4.78, 5) is 4.30. The second-order valence-electron chi connectivity index (χ2n) is 4.21. The van der Waals surface area contributed by atoms with Crippen LogP contribution in [0.25, 0.3) is 0 Å². The Morgan fingerprint density at radius 1 is 1.53 bits per heavy atom. The lowest BCUT2D eigenvalue weighted by molar-refractivity contribution is 0.408. The SMILES string of the molecule is CNc1ncccc1S(=O)(=O)N1CCCC1C. The van der Waals surface area contributed by atoms with E-state index in [1.54, 1.807) is 29.7 Å². The maximum Gasteiger partial charge on any atom is 0.246 e. The van der Waals surface area contributed by atoms with Gasteiger partial charge in [-0.1, -0.05) is 0 Å². The van der Waals surface area contributed by atoms with Gasteiger partial charge in [0, 0.05) is 25.8 Å². The van der Waals surface area contributed by atoms with Gasteiger partial charge in [-0.25, -0.2) is 13.4 Å². The molecule has 0 radical (unpaired) electrons. The number of nitrogens with zero attached hydrogens (tertiary/aromatic N) is 2. The topological polar surface area (TPSA) is 62.3 Å². The first-order valence-corrected chi connectivity index (χ1v) is 7.16. The Morgan fingerprint density at radius 3 is 2.88 bits per heavy atom. The number of hydrogen-bond acceptors (Lipinski definition) is 4. The minimum atomic E-state index is -3.42. The lowest BCUT2D eigenvalue weighted by Gasteiger charge is -2.21. The van der Waals surface area contributed by atoms with E-state index in [-0.39, 0.29) is 10.9 Å². The Kier molecular flexibility index (Phi) is 3.35. The van der Waals surface area contributed by atoms with Crippen LogP contribution in [0.5, 0.6) is 0 Å². The molecule has 1 aromatic heterocycles. The van der Waals surface area contributed by atoms with Crippen LogP contribution in [-0.2, 0) is 10.0 Å². The Bertz CT molecular complexity index is 501. The predicted molar refractivity (Wildman–Crippen MR) is 66.4 cm³/mol. The third-order valence-electron chi connectivity index (χ3n) is 3.09. The third-order valence-corrected chi connectivity index (χ3v) is 5.13. The molecule has 1 atom stereocenters. The number of aromatic nitrogens is 1. The lowest BCUT2D eigenvalue weighted by atomic mass is 10.3. The molecule has 1 N–H and O–H groups in total. The second kappa shape index (κ2) is 4.62. The Hall–Kier alpha value is -1.14. The van der Waals surface area contributed by atoms with E-state index in [4.69, 9.17) is 0 Å². The molecule has 17 heavy (non-hydrogen) atoms. The fourth-order valence-corrected chi connectivity index (χ4v) is 4.03. The van der Waals surface area contributed by atoms with Gasteiger partial charge < -0.3 is 5.32 Å². The van der Waals surface area contributed by atoms with Gasteiger partial charge in [0.15, 0.2) is 0 Å². The van der Waals surface area contributed by atoms with Crippen LogP contribution in [-0.4, -0.2) is 37.3 Å². The third kappa shape index (κ3) is 2.14. The molecule has 1 aromatic rings. The van der Waals surface area contributed by atoms with Gasteiger partial charge in [0.1, 0.15) is 10.7 Å². The van der Waals surface area contributed by atoms with Crippen LogP contribution in [0.1, 0.15) is 19.8 Å². The van der Waals surface area contributed by atoms with Crippen LogP contribution in [0.2, 0.25) is 0 Å². The van der Waals surface area contributed by atoms with Gasteiger partial charge >= 0.3 is 0 Å². The van der Waals surface area contributed by atoms with E-state index in [2.05, 4.69) is 10.3 Å². The maximum absolute atomic E-state index is 12.5. The number of nitrogens with one attached hydrogen (secondary N) is 1. The molecule has 1 unspecified atom stereocenters. The van der Waals surface area contributed by atoms with Gasteiger partial charge in [-0.15, -0.1) is 0 Å². The van der Waals surface area contributed by atoms with E-state index < -0.39 is 10.0 Å². The first kappa shape index (κ1) is 12.3. The van der Waals surface area contributed by atoms with E-state index in [1.165, 1.54) is 0 Å². The summed E-state index contributed by atoms with van der Waals surface area (Å²) in [5, 5.41) is 2.82. The predicted octanol–water partition coefficient (Wildman–Crippen LogP) is 1.30. The minimum absolute atomic E-state index is 0.0740. The van der Waals surface area contributed by atoms with Crippen LogP contribution >= 0.6 is 0 Å². The molecule has 6 heteroatoms. The van der Waals surface area contributed by atoms with E-state index in [1.807, 2.05) is 6.92 Å². The molecule has 1 fully saturated rings. The van der Waals surface area contributed by atoms with Gasteiger partial charge in [0.25, 0.3) is 0 Å². The number of pyridine rings is 1. The average Bonchev–Trinajstić information content (AvgIpc) is 2.76. The molecule has 2 heterocycles. The molecule has 0 saturated carbocycles. The number of hydrogen-bond donors (Lipinski definition) is 1. The van der Waals surface area contributed by atoms with Crippen LogP contribution < -0.4 is 5.32 Å². The average molecular weight is 255 g/mol. The van der Waals surface area contributed by atoms with E-state index >= 15 is 0 Å².